The molecule has 0 saturated carbocycles. The van der Waals surface area contributed by atoms with Gasteiger partial charge in [-0.05, 0) is 35.7 Å². The number of nitrogens with zero attached hydrogens (tertiary/aromatic N) is 1. The van der Waals surface area contributed by atoms with Gasteiger partial charge in [0.2, 0.25) is 5.91 Å². The van der Waals surface area contributed by atoms with Crippen molar-refractivity contribution in [1.82, 2.24) is 0 Å². The minimum atomic E-state index is -4.15. The van der Waals surface area contributed by atoms with Crippen LogP contribution in [0.2, 0.25) is 0 Å². The van der Waals surface area contributed by atoms with Crippen LogP contribution in [0.4, 0.5) is 5.69 Å². The third-order valence-corrected chi connectivity index (χ3v) is 6.51. The van der Waals surface area contributed by atoms with Crippen LogP contribution in [-0.4, -0.2) is 20.3 Å². The monoisotopic (exact) mass is 425 g/mol. The summed E-state index contributed by atoms with van der Waals surface area (Å²) < 4.78 is 32.8. The molecule has 156 valence electrons. The highest BCUT2D eigenvalue weighted by atomic mass is 32.2. The number of sulfonamides is 1. The van der Waals surface area contributed by atoms with Crippen molar-refractivity contribution in [3.63, 3.8) is 0 Å². The lowest BCUT2D eigenvalue weighted by Gasteiger charge is -2.23. The number of benzene rings is 3. The summed E-state index contributed by atoms with van der Waals surface area (Å²) in [6, 6.07) is 16.3. The minimum Gasteiger partial charge on any atom is -0.426 e. The van der Waals surface area contributed by atoms with E-state index in [9.17, 15) is 18.0 Å². The Bertz CT molecular complexity index is 1210. The standard InChI is InChI=1S/C23H23NO5S/c1-15(2)18-9-11-19(12-10-18)30(27,28)24(16(3)25)22-13-14-23(29-17(4)26)21-8-6-5-7-20(21)22/h5-15H,1-4H3. The van der Waals surface area contributed by atoms with Crippen molar-refractivity contribution < 1.29 is 22.7 Å². The van der Waals surface area contributed by atoms with Gasteiger partial charge in [0, 0.05) is 24.6 Å². The van der Waals surface area contributed by atoms with Crippen LogP contribution in [0.1, 0.15) is 39.2 Å². The van der Waals surface area contributed by atoms with Gasteiger partial charge in [-0.2, -0.15) is 0 Å². The molecule has 0 fully saturated rings. The van der Waals surface area contributed by atoms with Gasteiger partial charge >= 0.3 is 5.97 Å². The zero-order chi connectivity index (χ0) is 22.1. The highest BCUT2D eigenvalue weighted by Gasteiger charge is 2.30. The van der Waals surface area contributed by atoms with Gasteiger partial charge in [-0.15, -0.1) is 0 Å². The summed E-state index contributed by atoms with van der Waals surface area (Å²) >= 11 is 0. The molecule has 30 heavy (non-hydrogen) atoms. The molecule has 0 radical (unpaired) electrons. The molecule has 0 spiro atoms. The van der Waals surface area contributed by atoms with Crippen molar-refractivity contribution >= 4 is 38.4 Å². The second kappa shape index (κ2) is 8.28. The first-order valence-electron chi connectivity index (χ1n) is 9.49. The van der Waals surface area contributed by atoms with Gasteiger partial charge in [-0.1, -0.05) is 50.2 Å². The van der Waals surface area contributed by atoms with E-state index in [0.717, 1.165) is 9.87 Å². The molecular weight excluding hydrogens is 402 g/mol. The molecule has 0 aliphatic heterocycles. The number of carbonyl (C=O) groups is 2. The molecule has 0 aliphatic rings. The first kappa shape index (κ1) is 21.5. The second-order valence-corrected chi connectivity index (χ2v) is 9.02. The zero-order valence-corrected chi connectivity index (χ0v) is 18.1. The van der Waals surface area contributed by atoms with E-state index in [4.69, 9.17) is 4.74 Å². The number of esters is 1. The number of anilines is 1. The summed E-state index contributed by atoms with van der Waals surface area (Å²) in [5, 5.41) is 1.01. The first-order valence-corrected chi connectivity index (χ1v) is 10.9. The molecule has 0 unspecified atom stereocenters. The van der Waals surface area contributed by atoms with E-state index in [1.807, 2.05) is 13.8 Å². The lowest BCUT2D eigenvalue weighted by molar-refractivity contribution is -0.131. The molecule has 7 heteroatoms. The summed E-state index contributed by atoms with van der Waals surface area (Å²) in [4.78, 5) is 24.0. The molecule has 0 N–H and O–H groups in total. The summed E-state index contributed by atoms with van der Waals surface area (Å²) in [7, 11) is -4.15. The molecule has 0 atom stereocenters. The van der Waals surface area contributed by atoms with Crippen molar-refractivity contribution in [2.24, 2.45) is 0 Å². The Balaban J connectivity index is 2.19. The molecule has 0 aromatic heterocycles. The third-order valence-electron chi connectivity index (χ3n) is 4.70. The van der Waals surface area contributed by atoms with Crippen LogP contribution in [0.5, 0.6) is 5.75 Å². The Morgan fingerprint density at radius 3 is 2.00 bits per heavy atom. The van der Waals surface area contributed by atoms with E-state index in [2.05, 4.69) is 0 Å². The fourth-order valence-electron chi connectivity index (χ4n) is 3.27. The zero-order valence-electron chi connectivity index (χ0n) is 17.2. The molecule has 6 nitrogen and oxygen atoms in total. The van der Waals surface area contributed by atoms with Crippen LogP contribution < -0.4 is 9.04 Å². The van der Waals surface area contributed by atoms with Crippen LogP contribution >= 0.6 is 0 Å². The van der Waals surface area contributed by atoms with E-state index in [1.165, 1.54) is 38.1 Å². The Kier molecular flexibility index (Phi) is 5.94. The number of hydrogen-bond donors (Lipinski definition) is 0. The molecule has 0 saturated heterocycles. The molecule has 0 aliphatic carbocycles. The van der Waals surface area contributed by atoms with Crippen LogP contribution in [0.3, 0.4) is 0 Å². The van der Waals surface area contributed by atoms with Crippen molar-refractivity contribution in [3.8, 4) is 5.75 Å². The predicted octanol–water partition coefficient (Wildman–Crippen LogP) is 4.63. The van der Waals surface area contributed by atoms with Crippen LogP contribution in [-0.2, 0) is 19.6 Å². The molecule has 0 bridgehead atoms. The number of rotatable bonds is 5. The smallest absolute Gasteiger partial charge is 0.308 e. The number of carbonyl (C=O) groups excluding carboxylic acids is 2. The fourth-order valence-corrected chi connectivity index (χ4v) is 4.72. The second-order valence-electron chi connectivity index (χ2n) is 7.23. The first-order chi connectivity index (χ1) is 14.1. The Morgan fingerprint density at radius 1 is 0.867 bits per heavy atom. The molecule has 0 heterocycles. The molecule has 1 amide bonds. The maximum absolute atomic E-state index is 13.4. The Hall–Kier alpha value is -3.19. The molecule has 3 aromatic carbocycles. The quantitative estimate of drug-likeness (QED) is 0.440. The topological polar surface area (TPSA) is 80.8 Å². The van der Waals surface area contributed by atoms with Gasteiger partial charge in [0.05, 0.1) is 10.6 Å². The molecule has 3 rings (SSSR count). The van der Waals surface area contributed by atoms with Gasteiger partial charge in [0.15, 0.2) is 0 Å². The highest BCUT2D eigenvalue weighted by molar-refractivity contribution is 7.93. The van der Waals surface area contributed by atoms with E-state index < -0.39 is 21.9 Å². The van der Waals surface area contributed by atoms with Crippen molar-refractivity contribution in [2.75, 3.05) is 4.31 Å². The predicted molar refractivity (Wildman–Crippen MR) is 116 cm³/mol. The van der Waals surface area contributed by atoms with Crippen molar-refractivity contribution in [3.05, 3.63) is 66.2 Å². The van der Waals surface area contributed by atoms with Gasteiger partial charge in [-0.3, -0.25) is 9.59 Å². The number of ether oxygens (including phenoxy) is 1. The van der Waals surface area contributed by atoms with Gasteiger partial charge in [0.1, 0.15) is 5.75 Å². The van der Waals surface area contributed by atoms with E-state index in [-0.39, 0.29) is 16.5 Å². The minimum absolute atomic E-state index is 0.0234. The Labute approximate surface area is 176 Å². The normalized spacial score (nSPS) is 11.5. The lowest BCUT2D eigenvalue weighted by atomic mass is 10.0. The van der Waals surface area contributed by atoms with Crippen molar-refractivity contribution in [2.45, 2.75) is 38.5 Å². The lowest BCUT2D eigenvalue weighted by Crippen LogP contribution is -2.35. The van der Waals surface area contributed by atoms with Crippen LogP contribution in [0.15, 0.2) is 65.6 Å². The van der Waals surface area contributed by atoms with E-state index in [0.29, 0.717) is 16.5 Å². The maximum Gasteiger partial charge on any atom is 0.308 e. The number of fused-ring (bicyclic) bond motifs is 1. The van der Waals surface area contributed by atoms with Crippen LogP contribution in [0.25, 0.3) is 10.8 Å². The van der Waals surface area contributed by atoms with Gasteiger partial charge in [-0.25, -0.2) is 12.7 Å². The maximum atomic E-state index is 13.4. The van der Waals surface area contributed by atoms with E-state index >= 15 is 0 Å². The average molecular weight is 426 g/mol. The summed E-state index contributed by atoms with van der Waals surface area (Å²) in [5.74, 6) is -0.588. The van der Waals surface area contributed by atoms with Crippen molar-refractivity contribution in [1.29, 1.82) is 0 Å². The summed E-state index contributed by atoms with van der Waals surface area (Å²) in [6.45, 7) is 6.52. The molecule has 3 aromatic rings. The third kappa shape index (κ3) is 4.07. The van der Waals surface area contributed by atoms with Crippen LogP contribution in [0, 0.1) is 0 Å². The highest BCUT2D eigenvalue weighted by Crippen LogP contribution is 2.36. The molecular formula is C23H23NO5S. The number of amides is 1. The Morgan fingerprint density at radius 2 is 1.47 bits per heavy atom. The van der Waals surface area contributed by atoms with E-state index in [1.54, 1.807) is 36.4 Å². The van der Waals surface area contributed by atoms with Gasteiger partial charge in [0.25, 0.3) is 10.0 Å². The summed E-state index contributed by atoms with van der Waals surface area (Å²) in [5.41, 5.74) is 1.20. The fraction of sp³-hybridized carbons (Fsp3) is 0.217. The SMILES string of the molecule is CC(=O)Oc1ccc(N(C(C)=O)S(=O)(=O)c2ccc(C(C)C)cc2)c2ccccc12. The van der Waals surface area contributed by atoms with Gasteiger partial charge < -0.3 is 4.74 Å². The largest absolute Gasteiger partial charge is 0.426 e. The average Bonchev–Trinajstić information content (AvgIpc) is 2.69. The number of hydrogen-bond acceptors (Lipinski definition) is 5. The summed E-state index contributed by atoms with van der Waals surface area (Å²) in [6.07, 6.45) is 0.